The fraction of sp³-hybridized carbons (Fsp3) is 0.286. The van der Waals surface area contributed by atoms with E-state index in [1.807, 2.05) is 25.2 Å². The molecule has 0 N–H and O–H groups in total. The third-order valence-electron chi connectivity index (χ3n) is 1.35. The molecule has 0 amide bonds. The molecule has 1 aliphatic rings. The summed E-state index contributed by atoms with van der Waals surface area (Å²) in [6.45, 7) is 1.93. The predicted octanol–water partition coefficient (Wildman–Crippen LogP) is 1.56. The molecular weight excluding hydrogens is 112 g/mol. The second-order valence-corrected chi connectivity index (χ2v) is 2.01. The van der Waals surface area contributed by atoms with Crippen molar-refractivity contribution in [2.45, 2.75) is 13.3 Å². The van der Waals surface area contributed by atoms with E-state index in [4.69, 9.17) is 5.53 Å². The molecule has 0 heterocycles. The first-order valence-corrected chi connectivity index (χ1v) is 2.90. The molecule has 0 aromatic rings. The van der Waals surface area contributed by atoms with Gasteiger partial charge in [-0.2, -0.15) is 4.79 Å². The van der Waals surface area contributed by atoms with Gasteiger partial charge in [-0.1, -0.05) is 12.2 Å². The molecule has 0 atom stereocenters. The van der Waals surface area contributed by atoms with Gasteiger partial charge in [0.15, 0.2) is 0 Å². The lowest BCUT2D eigenvalue weighted by molar-refractivity contribution is -0.00261. The Kier molecular flexibility index (Phi) is 1.61. The minimum atomic E-state index is 0.668. The van der Waals surface area contributed by atoms with Crippen molar-refractivity contribution in [3.63, 3.8) is 0 Å². The van der Waals surface area contributed by atoms with E-state index in [2.05, 4.69) is 4.79 Å². The number of nitrogens with zero attached hydrogens (tertiary/aromatic N) is 2. The van der Waals surface area contributed by atoms with Crippen LogP contribution in [0, 0.1) is 0 Å². The zero-order valence-corrected chi connectivity index (χ0v) is 5.33. The van der Waals surface area contributed by atoms with Crippen LogP contribution in [0.25, 0.3) is 5.53 Å². The van der Waals surface area contributed by atoms with Crippen molar-refractivity contribution in [2.24, 2.45) is 0 Å². The Hall–Kier alpha value is -1.14. The Morgan fingerprint density at radius 3 is 2.89 bits per heavy atom. The van der Waals surface area contributed by atoms with E-state index >= 15 is 0 Å². The van der Waals surface area contributed by atoms with E-state index in [-0.39, 0.29) is 0 Å². The van der Waals surface area contributed by atoms with Gasteiger partial charge in [0.1, 0.15) is 0 Å². The van der Waals surface area contributed by atoms with Gasteiger partial charge < -0.3 is 5.53 Å². The zero-order valence-electron chi connectivity index (χ0n) is 5.33. The van der Waals surface area contributed by atoms with Gasteiger partial charge >= 0.3 is 5.71 Å². The first kappa shape index (κ1) is 5.99. The number of rotatable bonds is 0. The van der Waals surface area contributed by atoms with Crippen molar-refractivity contribution in [3.05, 3.63) is 29.3 Å². The lowest BCUT2D eigenvalue weighted by atomic mass is 10.1. The number of hydrogen-bond donors (Lipinski definition) is 0. The van der Waals surface area contributed by atoms with Gasteiger partial charge in [-0.3, -0.25) is 0 Å². The van der Waals surface area contributed by atoms with Gasteiger partial charge in [-0.25, -0.2) is 0 Å². The number of hydrogen-bond acceptors (Lipinski definition) is 0. The Bertz CT molecular complexity index is 217. The average molecular weight is 120 g/mol. The van der Waals surface area contributed by atoms with Crippen molar-refractivity contribution in [2.75, 3.05) is 0 Å². The SMILES string of the molecule is CC1=CCC=CC1=[N+]=[N-]. The highest BCUT2D eigenvalue weighted by atomic mass is 14.9. The second kappa shape index (κ2) is 2.42. The van der Waals surface area contributed by atoms with Crippen molar-refractivity contribution in [3.8, 4) is 0 Å². The van der Waals surface area contributed by atoms with Crippen LogP contribution in [-0.2, 0) is 0 Å². The molecule has 0 saturated heterocycles. The molecule has 46 valence electrons. The highest BCUT2D eigenvalue weighted by Crippen LogP contribution is 2.04. The molecule has 0 fully saturated rings. The molecule has 0 radical (unpaired) electrons. The Morgan fingerprint density at radius 2 is 2.44 bits per heavy atom. The van der Waals surface area contributed by atoms with Gasteiger partial charge in [-0.15, -0.1) is 0 Å². The van der Waals surface area contributed by atoms with Crippen LogP contribution in [0.4, 0.5) is 0 Å². The van der Waals surface area contributed by atoms with Gasteiger partial charge in [0, 0.05) is 11.6 Å². The third-order valence-corrected chi connectivity index (χ3v) is 1.35. The lowest BCUT2D eigenvalue weighted by Crippen LogP contribution is -1.99. The maximum absolute atomic E-state index is 8.36. The van der Waals surface area contributed by atoms with Gasteiger partial charge in [0.05, 0.1) is 0 Å². The highest BCUT2D eigenvalue weighted by molar-refractivity contribution is 6.04. The van der Waals surface area contributed by atoms with E-state index in [0.717, 1.165) is 12.0 Å². The summed E-state index contributed by atoms with van der Waals surface area (Å²) in [5, 5.41) is 0. The minimum Gasteiger partial charge on any atom is -0.361 e. The topological polar surface area (TPSA) is 36.4 Å². The molecule has 9 heavy (non-hydrogen) atoms. The largest absolute Gasteiger partial charge is 0.361 e. The van der Waals surface area contributed by atoms with Crippen LogP contribution < -0.4 is 0 Å². The molecule has 0 bridgehead atoms. The lowest BCUT2D eigenvalue weighted by Gasteiger charge is -1.93. The second-order valence-electron chi connectivity index (χ2n) is 2.01. The fourth-order valence-corrected chi connectivity index (χ4v) is 0.773. The van der Waals surface area contributed by atoms with Crippen LogP contribution in [0.3, 0.4) is 0 Å². The normalized spacial score (nSPS) is 17.0. The Labute approximate surface area is 54.1 Å². The molecule has 2 nitrogen and oxygen atoms in total. The van der Waals surface area contributed by atoms with Gasteiger partial charge in [-0.05, 0) is 13.3 Å². The van der Waals surface area contributed by atoms with Gasteiger partial charge in [0.25, 0.3) is 0 Å². The van der Waals surface area contributed by atoms with Crippen molar-refractivity contribution in [1.82, 2.24) is 0 Å². The number of allylic oxidation sites excluding steroid dienone is 4. The quantitative estimate of drug-likeness (QED) is 0.343. The van der Waals surface area contributed by atoms with E-state index in [1.54, 1.807) is 0 Å². The van der Waals surface area contributed by atoms with Crippen LogP contribution in [0.1, 0.15) is 13.3 Å². The maximum Gasteiger partial charge on any atom is 0.317 e. The first-order chi connectivity index (χ1) is 4.34. The summed E-state index contributed by atoms with van der Waals surface area (Å²) in [7, 11) is 0. The smallest absolute Gasteiger partial charge is 0.317 e. The van der Waals surface area contributed by atoms with Crippen LogP contribution in [0.5, 0.6) is 0 Å². The summed E-state index contributed by atoms with van der Waals surface area (Å²) < 4.78 is 0. The van der Waals surface area contributed by atoms with E-state index in [9.17, 15) is 0 Å². The van der Waals surface area contributed by atoms with E-state index < -0.39 is 0 Å². The van der Waals surface area contributed by atoms with Crippen LogP contribution in [0.15, 0.2) is 23.8 Å². The fourth-order valence-electron chi connectivity index (χ4n) is 0.773. The molecule has 1 rings (SSSR count). The van der Waals surface area contributed by atoms with Crippen LogP contribution >= 0.6 is 0 Å². The zero-order chi connectivity index (χ0) is 6.69. The summed E-state index contributed by atoms with van der Waals surface area (Å²) in [4.78, 5) is 3.09. The maximum atomic E-state index is 8.36. The predicted molar refractivity (Wildman–Crippen MR) is 36.1 cm³/mol. The molecule has 0 aliphatic heterocycles. The van der Waals surface area contributed by atoms with Crippen molar-refractivity contribution < 1.29 is 4.79 Å². The summed E-state index contributed by atoms with van der Waals surface area (Å²) in [6, 6.07) is 0. The first-order valence-electron chi connectivity index (χ1n) is 2.90. The van der Waals surface area contributed by atoms with Gasteiger partial charge in [0.2, 0.25) is 0 Å². The van der Waals surface area contributed by atoms with Crippen LogP contribution in [-0.4, -0.2) is 10.5 Å². The summed E-state index contributed by atoms with van der Waals surface area (Å²) in [5.74, 6) is 0. The average Bonchev–Trinajstić information content (AvgIpc) is 1.89. The molecule has 0 aromatic carbocycles. The third kappa shape index (κ3) is 1.15. The molecule has 0 aromatic heterocycles. The molecule has 1 aliphatic carbocycles. The molecule has 0 unspecified atom stereocenters. The molecular formula is C7H8N2. The minimum absolute atomic E-state index is 0.668. The van der Waals surface area contributed by atoms with E-state index in [1.165, 1.54) is 0 Å². The summed E-state index contributed by atoms with van der Waals surface area (Å²) >= 11 is 0. The van der Waals surface area contributed by atoms with Crippen molar-refractivity contribution >= 4 is 5.71 Å². The standard InChI is InChI=1S/C7H8N2/c1-6-4-2-3-5-7(6)9-8/h3-5H,2H2,1H3. The summed E-state index contributed by atoms with van der Waals surface area (Å²) in [5.41, 5.74) is 10.1. The molecule has 0 spiro atoms. The molecule has 2 heteroatoms. The van der Waals surface area contributed by atoms with Crippen LogP contribution in [0.2, 0.25) is 0 Å². The van der Waals surface area contributed by atoms with Crippen molar-refractivity contribution in [1.29, 1.82) is 0 Å². The van der Waals surface area contributed by atoms with E-state index in [0.29, 0.717) is 5.71 Å². The molecule has 0 saturated carbocycles. The highest BCUT2D eigenvalue weighted by Gasteiger charge is 2.07. The Morgan fingerprint density at radius 1 is 1.67 bits per heavy atom. The Balaban J connectivity index is 2.96. The monoisotopic (exact) mass is 120 g/mol. The summed E-state index contributed by atoms with van der Waals surface area (Å²) in [6.07, 6.45) is 6.75.